The van der Waals surface area contributed by atoms with Crippen molar-refractivity contribution < 1.29 is 18.0 Å². The van der Waals surface area contributed by atoms with E-state index in [-0.39, 0.29) is 17.2 Å². The summed E-state index contributed by atoms with van der Waals surface area (Å²) in [5, 5.41) is 2.43. The van der Waals surface area contributed by atoms with Gasteiger partial charge in [0.2, 0.25) is 5.91 Å². The highest BCUT2D eigenvalue weighted by Crippen LogP contribution is 2.33. The molecule has 1 unspecified atom stereocenters. The van der Waals surface area contributed by atoms with E-state index in [4.69, 9.17) is 5.73 Å². The van der Waals surface area contributed by atoms with Crippen LogP contribution in [-0.2, 0) is 11.0 Å². The highest BCUT2D eigenvalue weighted by molar-refractivity contribution is 5.95. The number of benzene rings is 1. The van der Waals surface area contributed by atoms with Crippen LogP contribution in [-0.4, -0.2) is 11.9 Å². The smallest absolute Gasteiger partial charge is 0.325 e. The summed E-state index contributed by atoms with van der Waals surface area (Å²) < 4.78 is 38.3. The molecule has 0 spiro atoms. The number of rotatable bonds is 4. The first-order valence-corrected chi connectivity index (χ1v) is 6.41. The highest BCUT2D eigenvalue weighted by Gasteiger charge is 2.32. The lowest BCUT2D eigenvalue weighted by molar-refractivity contribution is -0.138. The highest BCUT2D eigenvalue weighted by atomic mass is 19.4. The largest absolute Gasteiger partial charge is 0.416 e. The van der Waals surface area contributed by atoms with Crippen LogP contribution in [0.2, 0.25) is 0 Å². The molecule has 0 aliphatic rings. The zero-order valence-electron chi connectivity index (χ0n) is 11.7. The maximum atomic E-state index is 12.8. The van der Waals surface area contributed by atoms with Crippen molar-refractivity contribution >= 4 is 11.6 Å². The van der Waals surface area contributed by atoms with E-state index in [2.05, 4.69) is 5.32 Å². The summed E-state index contributed by atoms with van der Waals surface area (Å²) in [6, 6.07) is 2.95. The molecule has 3 nitrogen and oxygen atoms in total. The molecule has 1 aromatic rings. The molecule has 0 bridgehead atoms. The third kappa shape index (κ3) is 3.96. The molecule has 0 aliphatic heterocycles. The summed E-state index contributed by atoms with van der Waals surface area (Å²) in [4.78, 5) is 11.8. The van der Waals surface area contributed by atoms with Gasteiger partial charge in [0, 0.05) is 5.69 Å². The molecule has 1 aromatic carbocycles. The number of hydrogen-bond donors (Lipinski definition) is 2. The molecule has 0 radical (unpaired) electrons. The second-order valence-electron chi connectivity index (χ2n) is 4.93. The molecule has 2 atom stereocenters. The number of halogens is 3. The summed E-state index contributed by atoms with van der Waals surface area (Å²) in [6.07, 6.45) is -3.72. The molecule has 0 saturated heterocycles. The van der Waals surface area contributed by atoms with Crippen LogP contribution in [0.5, 0.6) is 0 Å². The fourth-order valence-corrected chi connectivity index (χ4v) is 1.74. The van der Waals surface area contributed by atoms with Crippen LogP contribution >= 0.6 is 0 Å². The van der Waals surface area contributed by atoms with Gasteiger partial charge >= 0.3 is 6.18 Å². The van der Waals surface area contributed by atoms with Gasteiger partial charge in [0.15, 0.2) is 0 Å². The fourth-order valence-electron chi connectivity index (χ4n) is 1.74. The van der Waals surface area contributed by atoms with Crippen molar-refractivity contribution in [3.05, 3.63) is 29.3 Å². The molecule has 1 rings (SSSR count). The van der Waals surface area contributed by atoms with Gasteiger partial charge in [0.25, 0.3) is 0 Å². The van der Waals surface area contributed by atoms with Gasteiger partial charge in [-0.1, -0.05) is 26.3 Å². The van der Waals surface area contributed by atoms with Crippen LogP contribution in [0.4, 0.5) is 18.9 Å². The maximum absolute atomic E-state index is 12.8. The Balaban J connectivity index is 2.92. The number of aryl methyl sites for hydroxylation is 1. The topological polar surface area (TPSA) is 55.1 Å². The van der Waals surface area contributed by atoms with E-state index in [1.807, 2.05) is 13.8 Å². The summed E-state index contributed by atoms with van der Waals surface area (Å²) in [5.41, 5.74) is 5.20. The Kier molecular flexibility index (Phi) is 5.16. The summed E-state index contributed by atoms with van der Waals surface area (Å²) >= 11 is 0. The van der Waals surface area contributed by atoms with Crippen LogP contribution < -0.4 is 11.1 Å². The van der Waals surface area contributed by atoms with E-state index in [1.54, 1.807) is 0 Å². The maximum Gasteiger partial charge on any atom is 0.416 e. The predicted octanol–water partition coefficient (Wildman–Crippen LogP) is 3.33. The summed E-state index contributed by atoms with van der Waals surface area (Å²) in [7, 11) is 0. The number of amides is 1. The lowest BCUT2D eigenvalue weighted by Crippen LogP contribution is -2.40. The first-order chi connectivity index (χ1) is 9.16. The van der Waals surface area contributed by atoms with E-state index in [0.717, 1.165) is 12.5 Å². The quantitative estimate of drug-likeness (QED) is 0.893. The Morgan fingerprint density at radius 1 is 1.40 bits per heavy atom. The average Bonchev–Trinajstić information content (AvgIpc) is 2.37. The third-order valence-corrected chi connectivity index (χ3v) is 3.37. The standard InChI is InChI=1S/C14H19F3N2O/c1-4-8(2)12(18)13(20)19-10-6-5-9(3)11(7-10)14(15,16)17/h5-8,12H,4,18H2,1-3H3,(H,19,20)/t8?,12-/m0/s1. The molecule has 0 aromatic heterocycles. The number of nitrogens with one attached hydrogen (secondary N) is 1. The second kappa shape index (κ2) is 6.26. The Morgan fingerprint density at radius 3 is 2.50 bits per heavy atom. The molecule has 6 heteroatoms. The van der Waals surface area contributed by atoms with Gasteiger partial charge in [-0.15, -0.1) is 0 Å². The van der Waals surface area contributed by atoms with E-state index in [9.17, 15) is 18.0 Å². The zero-order chi connectivity index (χ0) is 15.5. The second-order valence-corrected chi connectivity index (χ2v) is 4.93. The van der Waals surface area contributed by atoms with Gasteiger partial charge in [0.05, 0.1) is 11.6 Å². The molecule has 0 heterocycles. The van der Waals surface area contributed by atoms with E-state index in [1.165, 1.54) is 19.1 Å². The molecular formula is C14H19F3N2O. The van der Waals surface area contributed by atoms with Crippen molar-refractivity contribution in [2.45, 2.75) is 39.4 Å². The van der Waals surface area contributed by atoms with Crippen molar-refractivity contribution in [2.24, 2.45) is 11.7 Å². The van der Waals surface area contributed by atoms with E-state index in [0.29, 0.717) is 0 Å². The Hall–Kier alpha value is -1.56. The Labute approximate surface area is 116 Å². The number of anilines is 1. The van der Waals surface area contributed by atoms with Crippen LogP contribution in [0, 0.1) is 12.8 Å². The number of alkyl halides is 3. The van der Waals surface area contributed by atoms with Gasteiger partial charge in [0.1, 0.15) is 0 Å². The van der Waals surface area contributed by atoms with Crippen LogP contribution in [0.15, 0.2) is 18.2 Å². The van der Waals surface area contributed by atoms with Gasteiger partial charge < -0.3 is 11.1 Å². The average molecular weight is 288 g/mol. The lowest BCUT2D eigenvalue weighted by Gasteiger charge is -2.18. The SMILES string of the molecule is CCC(C)[C@H](N)C(=O)Nc1ccc(C)c(C(F)(F)F)c1. The van der Waals surface area contributed by atoms with Crippen molar-refractivity contribution in [2.75, 3.05) is 5.32 Å². The van der Waals surface area contributed by atoms with Gasteiger partial charge in [-0.05, 0) is 30.5 Å². The van der Waals surface area contributed by atoms with Crippen molar-refractivity contribution in [1.29, 1.82) is 0 Å². The minimum atomic E-state index is -4.44. The van der Waals surface area contributed by atoms with Crippen LogP contribution in [0.25, 0.3) is 0 Å². The predicted molar refractivity (Wildman–Crippen MR) is 72.2 cm³/mol. The van der Waals surface area contributed by atoms with E-state index < -0.39 is 23.7 Å². The fraction of sp³-hybridized carbons (Fsp3) is 0.500. The molecule has 20 heavy (non-hydrogen) atoms. The molecular weight excluding hydrogens is 269 g/mol. The minimum absolute atomic E-state index is 0.0393. The van der Waals surface area contributed by atoms with Crippen molar-refractivity contribution in [1.82, 2.24) is 0 Å². The van der Waals surface area contributed by atoms with Crippen molar-refractivity contribution in [3.8, 4) is 0 Å². The van der Waals surface area contributed by atoms with Gasteiger partial charge in [-0.2, -0.15) is 13.2 Å². The van der Waals surface area contributed by atoms with Crippen molar-refractivity contribution in [3.63, 3.8) is 0 Å². The number of carbonyl (C=O) groups is 1. The number of nitrogens with two attached hydrogens (primary N) is 1. The first kappa shape index (κ1) is 16.5. The first-order valence-electron chi connectivity index (χ1n) is 6.41. The molecule has 0 fully saturated rings. The third-order valence-electron chi connectivity index (χ3n) is 3.37. The Morgan fingerprint density at radius 2 is 2.00 bits per heavy atom. The number of hydrogen-bond acceptors (Lipinski definition) is 2. The van der Waals surface area contributed by atoms with Gasteiger partial charge in [-0.25, -0.2) is 0 Å². The lowest BCUT2D eigenvalue weighted by atomic mass is 9.99. The molecule has 0 saturated carbocycles. The zero-order valence-corrected chi connectivity index (χ0v) is 11.7. The summed E-state index contributed by atoms with van der Waals surface area (Å²) in [6.45, 7) is 5.09. The Bertz CT molecular complexity index is 486. The summed E-state index contributed by atoms with van der Waals surface area (Å²) in [5.74, 6) is -0.515. The molecule has 112 valence electrons. The molecule has 1 amide bonds. The monoisotopic (exact) mass is 288 g/mol. The number of carbonyl (C=O) groups excluding carboxylic acids is 1. The molecule has 3 N–H and O–H groups in total. The minimum Gasteiger partial charge on any atom is -0.325 e. The molecule has 0 aliphatic carbocycles. The van der Waals surface area contributed by atoms with Crippen LogP contribution in [0.1, 0.15) is 31.4 Å². The normalized spacial score (nSPS) is 14.8. The van der Waals surface area contributed by atoms with E-state index >= 15 is 0 Å². The van der Waals surface area contributed by atoms with Crippen LogP contribution in [0.3, 0.4) is 0 Å². The van der Waals surface area contributed by atoms with Gasteiger partial charge in [-0.3, -0.25) is 4.79 Å².